The fourth-order valence-corrected chi connectivity index (χ4v) is 1.85. The molecular weight excluding hydrogens is 269 g/mol. The second-order valence-corrected chi connectivity index (χ2v) is 4.08. The summed E-state index contributed by atoms with van der Waals surface area (Å²) in [7, 11) is 0. The van der Waals surface area contributed by atoms with E-state index in [2.05, 4.69) is 15.9 Å². The lowest BCUT2D eigenvalue weighted by atomic mass is 10.00. The maximum absolute atomic E-state index is 10.9. The Kier molecular flexibility index (Phi) is 3.92. The molecular formula is C9H9BrClNO2. The van der Waals surface area contributed by atoms with Gasteiger partial charge in [-0.25, -0.2) is 0 Å². The number of benzene rings is 1. The average Bonchev–Trinajstić information content (AvgIpc) is 2.11. The van der Waals surface area contributed by atoms with Gasteiger partial charge in [-0.1, -0.05) is 27.5 Å². The highest BCUT2D eigenvalue weighted by Crippen LogP contribution is 2.27. The number of carboxylic acid groups (broad SMARTS) is 1. The van der Waals surface area contributed by atoms with Crippen molar-refractivity contribution in [2.24, 2.45) is 5.73 Å². The first-order valence-electron chi connectivity index (χ1n) is 3.94. The second-order valence-electron chi connectivity index (χ2n) is 2.79. The molecule has 0 aliphatic rings. The van der Waals surface area contributed by atoms with Gasteiger partial charge in [-0.2, -0.15) is 0 Å². The number of carboxylic acids is 1. The molecule has 1 unspecified atom stereocenters. The molecule has 0 heterocycles. The van der Waals surface area contributed by atoms with Gasteiger partial charge in [0.2, 0.25) is 0 Å². The van der Waals surface area contributed by atoms with E-state index in [0.29, 0.717) is 15.1 Å². The highest BCUT2D eigenvalue weighted by molar-refractivity contribution is 9.10. The van der Waals surface area contributed by atoms with Gasteiger partial charge in [0.1, 0.15) is 0 Å². The van der Waals surface area contributed by atoms with Crippen LogP contribution in [0.3, 0.4) is 0 Å². The Balaban J connectivity index is 3.15. The van der Waals surface area contributed by atoms with Crippen molar-refractivity contribution >= 4 is 33.5 Å². The molecule has 0 aliphatic heterocycles. The Morgan fingerprint density at radius 1 is 1.64 bits per heavy atom. The third-order valence-corrected chi connectivity index (χ3v) is 2.82. The van der Waals surface area contributed by atoms with E-state index in [9.17, 15) is 4.79 Å². The van der Waals surface area contributed by atoms with Crippen molar-refractivity contribution in [3.8, 4) is 0 Å². The van der Waals surface area contributed by atoms with Crippen LogP contribution in [0, 0.1) is 0 Å². The molecule has 0 saturated carbocycles. The number of hydrogen-bond acceptors (Lipinski definition) is 2. The molecule has 0 spiro atoms. The van der Waals surface area contributed by atoms with Gasteiger partial charge in [-0.05, 0) is 23.8 Å². The summed E-state index contributed by atoms with van der Waals surface area (Å²) < 4.78 is 0.708. The number of carbonyl (C=O) groups is 1. The van der Waals surface area contributed by atoms with Gasteiger partial charge in [-0.3, -0.25) is 4.79 Å². The van der Waals surface area contributed by atoms with Gasteiger partial charge < -0.3 is 10.8 Å². The first-order valence-corrected chi connectivity index (χ1v) is 5.11. The number of aliphatic carboxylic acids is 1. The molecule has 0 saturated heterocycles. The number of hydrogen-bond donors (Lipinski definition) is 2. The summed E-state index contributed by atoms with van der Waals surface area (Å²) in [5.41, 5.74) is 5.98. The fourth-order valence-electron chi connectivity index (χ4n) is 1.14. The van der Waals surface area contributed by atoms with Crippen LogP contribution >= 0.6 is 27.5 Å². The molecule has 1 aromatic rings. The van der Waals surface area contributed by atoms with Crippen LogP contribution < -0.4 is 5.73 Å². The Hall–Kier alpha value is -0.580. The summed E-state index contributed by atoms with van der Waals surface area (Å²) in [6.45, 7) is 0.0499. The minimum absolute atomic E-state index is 0.0499. The molecule has 14 heavy (non-hydrogen) atoms. The van der Waals surface area contributed by atoms with Gasteiger partial charge >= 0.3 is 5.97 Å². The molecule has 1 aromatic carbocycles. The second kappa shape index (κ2) is 4.77. The van der Waals surface area contributed by atoms with Crippen LogP contribution in [0.15, 0.2) is 22.7 Å². The van der Waals surface area contributed by atoms with Crippen molar-refractivity contribution < 1.29 is 9.90 Å². The first-order chi connectivity index (χ1) is 6.56. The highest BCUT2D eigenvalue weighted by atomic mass is 79.9. The van der Waals surface area contributed by atoms with Gasteiger partial charge in [0.15, 0.2) is 0 Å². The zero-order valence-corrected chi connectivity index (χ0v) is 9.55. The van der Waals surface area contributed by atoms with E-state index in [1.54, 1.807) is 18.2 Å². The van der Waals surface area contributed by atoms with E-state index >= 15 is 0 Å². The Bertz CT molecular complexity index is 357. The molecule has 1 rings (SSSR count). The summed E-state index contributed by atoms with van der Waals surface area (Å²) in [5, 5.41) is 9.40. The third-order valence-electron chi connectivity index (χ3n) is 1.87. The van der Waals surface area contributed by atoms with Crippen LogP contribution in [0.5, 0.6) is 0 Å². The zero-order chi connectivity index (χ0) is 10.7. The van der Waals surface area contributed by atoms with Crippen LogP contribution in [-0.4, -0.2) is 17.6 Å². The van der Waals surface area contributed by atoms with Gasteiger partial charge in [0.25, 0.3) is 0 Å². The standard InChI is InChI=1S/C9H9BrClNO2/c10-8-2-1-5(11)3-6(8)7(4-12)9(13)14/h1-3,7H,4,12H2,(H,13,14). The highest BCUT2D eigenvalue weighted by Gasteiger charge is 2.20. The molecule has 5 heteroatoms. The van der Waals surface area contributed by atoms with Crippen molar-refractivity contribution in [2.75, 3.05) is 6.54 Å². The Morgan fingerprint density at radius 2 is 2.29 bits per heavy atom. The summed E-state index contributed by atoms with van der Waals surface area (Å²) in [4.78, 5) is 10.9. The van der Waals surface area contributed by atoms with Gasteiger partial charge in [-0.15, -0.1) is 0 Å². The Morgan fingerprint density at radius 3 is 2.79 bits per heavy atom. The van der Waals surface area contributed by atoms with E-state index in [-0.39, 0.29) is 6.54 Å². The molecule has 0 aromatic heterocycles. The van der Waals surface area contributed by atoms with E-state index in [1.165, 1.54) is 0 Å². The molecule has 76 valence electrons. The molecule has 1 atom stereocenters. The maximum atomic E-state index is 10.9. The SMILES string of the molecule is NCC(C(=O)O)c1cc(Cl)ccc1Br. The quantitative estimate of drug-likeness (QED) is 0.891. The molecule has 0 amide bonds. The zero-order valence-electron chi connectivity index (χ0n) is 7.21. The predicted octanol–water partition coefficient (Wildman–Crippen LogP) is 2.23. The number of nitrogens with two attached hydrogens (primary N) is 1. The maximum Gasteiger partial charge on any atom is 0.312 e. The molecule has 0 bridgehead atoms. The lowest BCUT2D eigenvalue weighted by Crippen LogP contribution is -2.21. The van der Waals surface area contributed by atoms with Crippen molar-refractivity contribution in [3.63, 3.8) is 0 Å². The summed E-state index contributed by atoms with van der Waals surface area (Å²) in [6.07, 6.45) is 0. The largest absolute Gasteiger partial charge is 0.481 e. The van der Waals surface area contributed by atoms with Crippen molar-refractivity contribution in [1.29, 1.82) is 0 Å². The van der Waals surface area contributed by atoms with Crippen molar-refractivity contribution in [2.45, 2.75) is 5.92 Å². The van der Waals surface area contributed by atoms with Crippen molar-refractivity contribution in [1.82, 2.24) is 0 Å². The van der Waals surface area contributed by atoms with Crippen LogP contribution in [0.25, 0.3) is 0 Å². The van der Waals surface area contributed by atoms with Gasteiger partial charge in [0, 0.05) is 16.0 Å². The van der Waals surface area contributed by atoms with E-state index in [1.807, 2.05) is 0 Å². The van der Waals surface area contributed by atoms with Crippen LogP contribution in [-0.2, 0) is 4.79 Å². The summed E-state index contributed by atoms with van der Waals surface area (Å²) in [5.74, 6) is -1.67. The fraction of sp³-hybridized carbons (Fsp3) is 0.222. The lowest BCUT2D eigenvalue weighted by molar-refractivity contribution is -0.138. The predicted molar refractivity (Wildman–Crippen MR) is 58.6 cm³/mol. The normalized spacial score (nSPS) is 12.5. The van der Waals surface area contributed by atoms with E-state index in [4.69, 9.17) is 22.4 Å². The first kappa shape index (κ1) is 11.5. The summed E-state index contributed by atoms with van der Waals surface area (Å²) >= 11 is 9.03. The van der Waals surface area contributed by atoms with Crippen LogP contribution in [0.4, 0.5) is 0 Å². The van der Waals surface area contributed by atoms with Gasteiger partial charge in [0.05, 0.1) is 5.92 Å². The molecule has 0 aliphatic carbocycles. The monoisotopic (exact) mass is 277 g/mol. The third kappa shape index (κ3) is 2.47. The lowest BCUT2D eigenvalue weighted by Gasteiger charge is -2.12. The molecule has 0 fully saturated rings. The minimum atomic E-state index is -0.949. The van der Waals surface area contributed by atoms with Crippen LogP contribution in [0.1, 0.15) is 11.5 Å². The topological polar surface area (TPSA) is 63.3 Å². The summed E-state index contributed by atoms with van der Waals surface area (Å²) in [6, 6.07) is 5.01. The number of halogens is 2. The number of rotatable bonds is 3. The van der Waals surface area contributed by atoms with Crippen LogP contribution in [0.2, 0.25) is 5.02 Å². The molecule has 0 radical (unpaired) electrons. The average molecular weight is 279 g/mol. The molecule has 3 N–H and O–H groups in total. The van der Waals surface area contributed by atoms with E-state index < -0.39 is 11.9 Å². The molecule has 3 nitrogen and oxygen atoms in total. The minimum Gasteiger partial charge on any atom is -0.481 e. The Labute approximate surface area is 95.0 Å². The van der Waals surface area contributed by atoms with E-state index in [0.717, 1.165) is 0 Å². The van der Waals surface area contributed by atoms with Crippen molar-refractivity contribution in [3.05, 3.63) is 33.3 Å². The smallest absolute Gasteiger partial charge is 0.312 e.